The fourth-order valence-corrected chi connectivity index (χ4v) is 3.19. The van der Waals surface area contributed by atoms with E-state index in [2.05, 4.69) is 22.4 Å². The molecule has 1 atom stereocenters. The molecule has 1 aliphatic heterocycles. The van der Waals surface area contributed by atoms with Gasteiger partial charge in [-0.2, -0.15) is 0 Å². The summed E-state index contributed by atoms with van der Waals surface area (Å²) in [6.45, 7) is 3.78. The van der Waals surface area contributed by atoms with E-state index < -0.39 is 0 Å². The first-order valence-corrected chi connectivity index (χ1v) is 8.95. The Morgan fingerprint density at radius 3 is 2.65 bits per heavy atom. The number of tetrazole rings is 1. The van der Waals surface area contributed by atoms with Crippen molar-refractivity contribution < 1.29 is 9.59 Å². The standard InChI is InChI=1S/C18H24N6O2/c1-3-4-5-16-18(26)22(2)10-11-24(16)17(25)15-8-6-14(7-9-15)12-23-13-19-20-21-23/h6-9,13,16H,3-5,10-12H2,1-2H3/t16-/m0/s1. The van der Waals surface area contributed by atoms with Gasteiger partial charge in [-0.25, -0.2) is 4.68 Å². The van der Waals surface area contributed by atoms with Gasteiger partial charge in [0.2, 0.25) is 5.91 Å². The van der Waals surface area contributed by atoms with Crippen molar-refractivity contribution in [2.75, 3.05) is 20.1 Å². The molecule has 26 heavy (non-hydrogen) atoms. The van der Waals surface area contributed by atoms with Crippen LogP contribution in [0.1, 0.15) is 42.1 Å². The molecule has 0 N–H and O–H groups in total. The van der Waals surface area contributed by atoms with Crippen LogP contribution >= 0.6 is 0 Å². The van der Waals surface area contributed by atoms with Crippen molar-refractivity contribution in [2.45, 2.75) is 38.8 Å². The van der Waals surface area contributed by atoms with Gasteiger partial charge in [0.05, 0.1) is 6.54 Å². The van der Waals surface area contributed by atoms with Crippen LogP contribution in [0.4, 0.5) is 0 Å². The predicted octanol–water partition coefficient (Wildman–Crippen LogP) is 1.19. The number of hydrogen-bond donors (Lipinski definition) is 0. The average molecular weight is 356 g/mol. The summed E-state index contributed by atoms with van der Waals surface area (Å²) in [7, 11) is 1.80. The molecule has 2 aromatic rings. The van der Waals surface area contributed by atoms with E-state index in [4.69, 9.17) is 0 Å². The number of rotatable bonds is 6. The van der Waals surface area contributed by atoms with Crippen LogP contribution in [0.5, 0.6) is 0 Å². The van der Waals surface area contributed by atoms with Gasteiger partial charge in [0.15, 0.2) is 0 Å². The Hall–Kier alpha value is -2.77. The third-order valence-electron chi connectivity index (χ3n) is 4.74. The minimum atomic E-state index is -0.359. The van der Waals surface area contributed by atoms with E-state index in [0.717, 1.165) is 18.4 Å². The van der Waals surface area contributed by atoms with Gasteiger partial charge in [0.1, 0.15) is 12.4 Å². The fraction of sp³-hybridized carbons (Fsp3) is 0.500. The molecule has 8 nitrogen and oxygen atoms in total. The first-order chi connectivity index (χ1) is 12.6. The highest BCUT2D eigenvalue weighted by molar-refractivity contribution is 5.98. The van der Waals surface area contributed by atoms with Crippen molar-refractivity contribution in [1.29, 1.82) is 0 Å². The molecule has 0 spiro atoms. The summed E-state index contributed by atoms with van der Waals surface area (Å²) >= 11 is 0. The first-order valence-electron chi connectivity index (χ1n) is 8.95. The van der Waals surface area contributed by atoms with Gasteiger partial charge in [-0.15, -0.1) is 5.10 Å². The lowest BCUT2D eigenvalue weighted by atomic mass is 10.0. The number of carbonyl (C=O) groups is 2. The second-order valence-electron chi connectivity index (χ2n) is 6.62. The number of amides is 2. The molecule has 0 bridgehead atoms. The minimum Gasteiger partial charge on any atom is -0.342 e. The molecule has 0 radical (unpaired) electrons. The van der Waals surface area contributed by atoms with E-state index in [0.29, 0.717) is 31.6 Å². The molecule has 1 aliphatic rings. The number of aromatic nitrogens is 4. The minimum absolute atomic E-state index is 0.0355. The zero-order valence-corrected chi connectivity index (χ0v) is 15.2. The zero-order chi connectivity index (χ0) is 18.5. The number of carbonyl (C=O) groups excluding carboxylic acids is 2. The maximum atomic E-state index is 13.0. The third-order valence-corrected chi connectivity index (χ3v) is 4.74. The Labute approximate surface area is 152 Å². The number of unbranched alkanes of at least 4 members (excludes halogenated alkanes) is 1. The maximum Gasteiger partial charge on any atom is 0.254 e. The monoisotopic (exact) mass is 356 g/mol. The Kier molecular flexibility index (Phi) is 5.60. The van der Waals surface area contributed by atoms with Crippen LogP contribution in [-0.4, -0.2) is 68.0 Å². The van der Waals surface area contributed by atoms with Gasteiger partial charge in [-0.1, -0.05) is 31.9 Å². The van der Waals surface area contributed by atoms with Gasteiger partial charge < -0.3 is 9.80 Å². The number of nitrogens with zero attached hydrogens (tertiary/aromatic N) is 6. The Morgan fingerprint density at radius 2 is 2.00 bits per heavy atom. The lowest BCUT2D eigenvalue weighted by Crippen LogP contribution is -2.57. The van der Waals surface area contributed by atoms with Crippen molar-refractivity contribution in [2.24, 2.45) is 0 Å². The molecule has 1 aromatic carbocycles. The number of hydrogen-bond acceptors (Lipinski definition) is 5. The lowest BCUT2D eigenvalue weighted by molar-refractivity contribution is -0.138. The molecule has 138 valence electrons. The van der Waals surface area contributed by atoms with Crippen molar-refractivity contribution >= 4 is 11.8 Å². The third kappa shape index (κ3) is 3.89. The Balaban J connectivity index is 1.73. The van der Waals surface area contributed by atoms with Gasteiger partial charge in [0.25, 0.3) is 5.91 Å². The van der Waals surface area contributed by atoms with Gasteiger partial charge in [-0.05, 0) is 34.5 Å². The van der Waals surface area contributed by atoms with Crippen molar-refractivity contribution in [3.8, 4) is 0 Å². The second kappa shape index (κ2) is 8.07. The summed E-state index contributed by atoms with van der Waals surface area (Å²) in [4.78, 5) is 28.9. The van der Waals surface area contributed by atoms with Crippen LogP contribution < -0.4 is 0 Å². The van der Waals surface area contributed by atoms with E-state index in [1.54, 1.807) is 27.9 Å². The summed E-state index contributed by atoms with van der Waals surface area (Å²) in [5, 5.41) is 11.0. The summed E-state index contributed by atoms with van der Waals surface area (Å²) in [5.41, 5.74) is 1.61. The molecule has 2 amide bonds. The van der Waals surface area contributed by atoms with Crippen LogP contribution in [0.25, 0.3) is 0 Å². The number of benzene rings is 1. The molecule has 0 aliphatic carbocycles. The molecule has 1 saturated heterocycles. The summed E-state index contributed by atoms with van der Waals surface area (Å²) in [6.07, 6.45) is 4.19. The van der Waals surface area contributed by atoms with Gasteiger partial charge >= 0.3 is 0 Å². The van der Waals surface area contributed by atoms with Crippen LogP contribution in [0.15, 0.2) is 30.6 Å². The fourth-order valence-electron chi connectivity index (χ4n) is 3.19. The SMILES string of the molecule is CCCC[C@H]1C(=O)N(C)CCN1C(=O)c1ccc(Cn2cnnn2)cc1. The molecule has 1 fully saturated rings. The van der Waals surface area contributed by atoms with Crippen LogP contribution in [0.2, 0.25) is 0 Å². The van der Waals surface area contributed by atoms with Crippen molar-refractivity contribution in [3.05, 3.63) is 41.7 Å². The molecular formula is C18H24N6O2. The highest BCUT2D eigenvalue weighted by Gasteiger charge is 2.35. The molecule has 0 unspecified atom stereocenters. The highest BCUT2D eigenvalue weighted by atomic mass is 16.2. The van der Waals surface area contributed by atoms with Gasteiger partial charge in [-0.3, -0.25) is 9.59 Å². The van der Waals surface area contributed by atoms with E-state index >= 15 is 0 Å². The second-order valence-corrected chi connectivity index (χ2v) is 6.62. The molecular weight excluding hydrogens is 332 g/mol. The zero-order valence-electron chi connectivity index (χ0n) is 15.2. The molecule has 0 saturated carbocycles. The van der Waals surface area contributed by atoms with Crippen molar-refractivity contribution in [3.63, 3.8) is 0 Å². The topological polar surface area (TPSA) is 84.2 Å². The average Bonchev–Trinajstić information content (AvgIpc) is 3.16. The molecule has 8 heteroatoms. The van der Waals surface area contributed by atoms with Crippen LogP contribution in [0, 0.1) is 0 Å². The number of likely N-dealkylation sites (N-methyl/N-ethyl adjacent to an activating group) is 1. The largest absolute Gasteiger partial charge is 0.342 e. The highest BCUT2D eigenvalue weighted by Crippen LogP contribution is 2.19. The smallest absolute Gasteiger partial charge is 0.254 e. The summed E-state index contributed by atoms with van der Waals surface area (Å²) < 4.78 is 1.62. The quantitative estimate of drug-likeness (QED) is 0.776. The predicted molar refractivity (Wildman–Crippen MR) is 95.3 cm³/mol. The van der Waals surface area contributed by atoms with Crippen LogP contribution in [0.3, 0.4) is 0 Å². The number of piperazine rings is 1. The van der Waals surface area contributed by atoms with E-state index in [1.165, 1.54) is 0 Å². The molecule has 3 rings (SSSR count). The lowest BCUT2D eigenvalue weighted by Gasteiger charge is -2.39. The summed E-state index contributed by atoms with van der Waals surface area (Å²) in [6, 6.07) is 7.05. The Bertz CT molecular complexity index is 744. The van der Waals surface area contributed by atoms with E-state index in [-0.39, 0.29) is 17.9 Å². The van der Waals surface area contributed by atoms with E-state index in [9.17, 15) is 9.59 Å². The molecule has 2 heterocycles. The van der Waals surface area contributed by atoms with Gasteiger partial charge in [0, 0.05) is 25.7 Å². The first kappa shape index (κ1) is 18.0. The van der Waals surface area contributed by atoms with Crippen LogP contribution in [-0.2, 0) is 11.3 Å². The van der Waals surface area contributed by atoms with Crippen molar-refractivity contribution in [1.82, 2.24) is 30.0 Å². The van der Waals surface area contributed by atoms with E-state index in [1.807, 2.05) is 24.3 Å². The summed E-state index contributed by atoms with van der Waals surface area (Å²) in [5.74, 6) is -0.0464. The maximum absolute atomic E-state index is 13.0. The normalized spacial score (nSPS) is 17.6. The Morgan fingerprint density at radius 1 is 1.23 bits per heavy atom. The molecule has 1 aromatic heterocycles.